The van der Waals surface area contributed by atoms with Gasteiger partial charge in [0.25, 0.3) is 0 Å². The number of rotatable bonds is 7. The molecule has 3 rings (SSSR count). The van der Waals surface area contributed by atoms with Gasteiger partial charge in [-0.15, -0.1) is 0 Å². The Morgan fingerprint density at radius 2 is 2.15 bits per heavy atom. The molecule has 6 heteroatoms. The molecular formula is C21H32N4O2. The third kappa shape index (κ3) is 5.51. The van der Waals surface area contributed by atoms with Crippen molar-refractivity contribution in [2.75, 3.05) is 39.3 Å². The van der Waals surface area contributed by atoms with Gasteiger partial charge in [0.15, 0.2) is 0 Å². The summed E-state index contributed by atoms with van der Waals surface area (Å²) in [4.78, 5) is 33.1. The third-order valence-corrected chi connectivity index (χ3v) is 5.88. The number of nitrogens with zero attached hydrogens (tertiary/aromatic N) is 3. The first-order valence-corrected chi connectivity index (χ1v) is 10.3. The second-order valence-electron chi connectivity index (χ2n) is 7.97. The number of carbonyl (C=O) groups excluding carboxylic acids is 2. The van der Waals surface area contributed by atoms with Crippen molar-refractivity contribution in [3.63, 3.8) is 0 Å². The van der Waals surface area contributed by atoms with Crippen LogP contribution < -0.4 is 5.32 Å². The SMILES string of the molecule is CCNC(=O)CCN1CCC[C@]2(CCC(=O)N(CCc3ccccn3)C2)C1. The summed E-state index contributed by atoms with van der Waals surface area (Å²) in [5, 5.41) is 2.88. The highest BCUT2D eigenvalue weighted by Crippen LogP contribution is 2.38. The van der Waals surface area contributed by atoms with Gasteiger partial charge >= 0.3 is 0 Å². The van der Waals surface area contributed by atoms with E-state index in [0.29, 0.717) is 19.4 Å². The van der Waals surface area contributed by atoms with E-state index in [1.807, 2.05) is 36.2 Å². The first-order chi connectivity index (χ1) is 13.1. The van der Waals surface area contributed by atoms with Crippen LogP contribution in [0.2, 0.25) is 0 Å². The normalized spacial score (nSPS) is 23.6. The molecular weight excluding hydrogens is 340 g/mol. The number of carbonyl (C=O) groups is 2. The van der Waals surface area contributed by atoms with Crippen LogP contribution in [0.5, 0.6) is 0 Å². The van der Waals surface area contributed by atoms with Crippen molar-refractivity contribution in [2.45, 2.75) is 45.4 Å². The first-order valence-electron chi connectivity index (χ1n) is 10.3. The summed E-state index contributed by atoms with van der Waals surface area (Å²) >= 11 is 0. The maximum atomic E-state index is 12.4. The molecule has 1 aromatic heterocycles. The zero-order valence-corrected chi connectivity index (χ0v) is 16.5. The van der Waals surface area contributed by atoms with Gasteiger partial charge in [0.05, 0.1) is 0 Å². The molecule has 1 N–H and O–H groups in total. The van der Waals surface area contributed by atoms with E-state index < -0.39 is 0 Å². The molecule has 148 valence electrons. The molecule has 0 aliphatic carbocycles. The van der Waals surface area contributed by atoms with E-state index in [9.17, 15) is 9.59 Å². The Balaban J connectivity index is 1.54. The average molecular weight is 373 g/mol. The Morgan fingerprint density at radius 3 is 2.93 bits per heavy atom. The standard InChI is InChI=1S/C21H32N4O2/c1-2-22-19(26)9-14-24-13-5-10-21(16-24)11-7-20(27)25(17-21)15-8-18-6-3-4-12-23-18/h3-4,6,12H,2,5,7-11,13-17H2,1H3,(H,22,26)/t21-/m0/s1. The van der Waals surface area contributed by atoms with Crippen molar-refractivity contribution in [1.82, 2.24) is 20.1 Å². The smallest absolute Gasteiger partial charge is 0.222 e. The second kappa shape index (κ2) is 9.31. The molecule has 2 fully saturated rings. The van der Waals surface area contributed by atoms with Gasteiger partial charge in [0.2, 0.25) is 11.8 Å². The topological polar surface area (TPSA) is 65.5 Å². The zero-order chi connectivity index (χ0) is 19.1. The molecule has 27 heavy (non-hydrogen) atoms. The summed E-state index contributed by atoms with van der Waals surface area (Å²) < 4.78 is 0. The maximum Gasteiger partial charge on any atom is 0.222 e. The van der Waals surface area contributed by atoms with Crippen LogP contribution in [0.4, 0.5) is 0 Å². The van der Waals surface area contributed by atoms with Crippen LogP contribution in [0, 0.1) is 5.41 Å². The second-order valence-corrected chi connectivity index (χ2v) is 7.97. The lowest BCUT2D eigenvalue weighted by molar-refractivity contribution is -0.139. The Bertz CT molecular complexity index is 636. The van der Waals surface area contributed by atoms with Crippen LogP contribution in [0.3, 0.4) is 0 Å². The molecule has 2 aliphatic heterocycles. The zero-order valence-electron chi connectivity index (χ0n) is 16.5. The number of amides is 2. The molecule has 0 radical (unpaired) electrons. The average Bonchev–Trinajstić information content (AvgIpc) is 2.69. The summed E-state index contributed by atoms with van der Waals surface area (Å²) in [6.07, 6.45) is 7.13. The summed E-state index contributed by atoms with van der Waals surface area (Å²) in [7, 11) is 0. The summed E-state index contributed by atoms with van der Waals surface area (Å²) in [5.41, 5.74) is 1.23. The number of nitrogens with one attached hydrogen (secondary N) is 1. The van der Waals surface area contributed by atoms with Crippen molar-refractivity contribution in [3.8, 4) is 0 Å². The van der Waals surface area contributed by atoms with Crippen LogP contribution in [0.15, 0.2) is 24.4 Å². The molecule has 0 unspecified atom stereocenters. The Kier molecular flexibility index (Phi) is 6.83. The first kappa shape index (κ1) is 19.8. The molecule has 1 spiro atoms. The lowest BCUT2D eigenvalue weighted by atomic mass is 9.73. The third-order valence-electron chi connectivity index (χ3n) is 5.88. The van der Waals surface area contributed by atoms with Crippen molar-refractivity contribution >= 4 is 11.8 Å². The van der Waals surface area contributed by atoms with Crippen molar-refractivity contribution < 1.29 is 9.59 Å². The van der Waals surface area contributed by atoms with E-state index in [0.717, 1.165) is 57.7 Å². The molecule has 2 saturated heterocycles. The minimum Gasteiger partial charge on any atom is -0.356 e. The van der Waals surface area contributed by atoms with E-state index in [2.05, 4.69) is 15.2 Å². The molecule has 1 atom stereocenters. The van der Waals surface area contributed by atoms with Gasteiger partial charge in [0.1, 0.15) is 0 Å². The minimum absolute atomic E-state index is 0.132. The largest absolute Gasteiger partial charge is 0.356 e. The summed E-state index contributed by atoms with van der Waals surface area (Å²) in [6.45, 7) is 7.10. The van der Waals surface area contributed by atoms with E-state index >= 15 is 0 Å². The molecule has 1 aromatic rings. The van der Waals surface area contributed by atoms with Gasteiger partial charge in [-0.25, -0.2) is 0 Å². The van der Waals surface area contributed by atoms with E-state index in [4.69, 9.17) is 0 Å². The maximum absolute atomic E-state index is 12.4. The Morgan fingerprint density at radius 1 is 1.26 bits per heavy atom. The number of pyridine rings is 1. The Hall–Kier alpha value is -1.95. The molecule has 3 heterocycles. The molecule has 0 bridgehead atoms. The highest BCUT2D eigenvalue weighted by Gasteiger charge is 2.41. The monoisotopic (exact) mass is 372 g/mol. The molecule has 0 saturated carbocycles. The molecule has 2 amide bonds. The van der Waals surface area contributed by atoms with E-state index in [1.54, 1.807) is 0 Å². The van der Waals surface area contributed by atoms with Crippen LogP contribution in [0.25, 0.3) is 0 Å². The van der Waals surface area contributed by atoms with Crippen LogP contribution in [-0.2, 0) is 16.0 Å². The number of hydrogen-bond acceptors (Lipinski definition) is 4. The highest BCUT2D eigenvalue weighted by atomic mass is 16.2. The lowest BCUT2D eigenvalue weighted by Crippen LogP contribution is -2.54. The van der Waals surface area contributed by atoms with Crippen molar-refractivity contribution in [2.24, 2.45) is 5.41 Å². The lowest BCUT2D eigenvalue weighted by Gasteiger charge is -2.48. The number of hydrogen-bond donors (Lipinski definition) is 1. The molecule has 6 nitrogen and oxygen atoms in total. The predicted octanol–water partition coefficient (Wildman–Crippen LogP) is 1.85. The molecule has 0 aromatic carbocycles. The van der Waals surface area contributed by atoms with E-state index in [1.165, 1.54) is 6.42 Å². The van der Waals surface area contributed by atoms with Crippen molar-refractivity contribution in [3.05, 3.63) is 30.1 Å². The van der Waals surface area contributed by atoms with Crippen molar-refractivity contribution in [1.29, 1.82) is 0 Å². The van der Waals surface area contributed by atoms with Crippen LogP contribution >= 0.6 is 0 Å². The fraction of sp³-hybridized carbons (Fsp3) is 0.667. The predicted molar refractivity (Wildman–Crippen MR) is 105 cm³/mol. The highest BCUT2D eigenvalue weighted by molar-refractivity contribution is 5.77. The fourth-order valence-corrected chi connectivity index (χ4v) is 4.48. The van der Waals surface area contributed by atoms with E-state index in [-0.39, 0.29) is 17.2 Å². The van der Waals surface area contributed by atoms with Gasteiger partial charge in [-0.3, -0.25) is 14.6 Å². The Labute approximate surface area is 162 Å². The van der Waals surface area contributed by atoms with Crippen LogP contribution in [0.1, 0.15) is 44.7 Å². The van der Waals surface area contributed by atoms with Gasteiger partial charge in [-0.05, 0) is 44.9 Å². The summed E-state index contributed by atoms with van der Waals surface area (Å²) in [5.74, 6) is 0.406. The summed E-state index contributed by atoms with van der Waals surface area (Å²) in [6, 6.07) is 5.94. The molecule has 2 aliphatic rings. The van der Waals surface area contributed by atoms with Gasteiger partial charge in [-0.1, -0.05) is 6.07 Å². The number of piperidine rings is 2. The fourth-order valence-electron chi connectivity index (χ4n) is 4.48. The number of aromatic nitrogens is 1. The van der Waals surface area contributed by atoms with Gasteiger partial charge in [0, 0.05) is 69.3 Å². The quantitative estimate of drug-likeness (QED) is 0.793. The van der Waals surface area contributed by atoms with Gasteiger partial charge in [-0.2, -0.15) is 0 Å². The van der Waals surface area contributed by atoms with Crippen LogP contribution in [-0.4, -0.2) is 65.9 Å². The van der Waals surface area contributed by atoms with Gasteiger partial charge < -0.3 is 15.1 Å². The number of likely N-dealkylation sites (tertiary alicyclic amines) is 2. The minimum atomic E-state index is 0.132.